The first kappa shape index (κ1) is 19.6. The molecule has 0 spiro atoms. The highest BCUT2D eigenvalue weighted by molar-refractivity contribution is 6.21. The first-order chi connectivity index (χ1) is 12.5. The summed E-state index contributed by atoms with van der Waals surface area (Å²) in [5, 5.41) is 12.3. The van der Waals surface area contributed by atoms with Gasteiger partial charge in [0.1, 0.15) is 18.6 Å². The summed E-state index contributed by atoms with van der Waals surface area (Å²) in [5.41, 5.74) is 0.493. The molecule has 0 aromatic heterocycles. The Hall–Kier alpha value is -2.68. The maximum absolute atomic E-state index is 12.4. The number of nitrogens with one attached hydrogen (secondary N) is 1. The Bertz CT molecular complexity index is 678. The van der Waals surface area contributed by atoms with E-state index in [0.29, 0.717) is 5.75 Å². The van der Waals surface area contributed by atoms with Crippen LogP contribution in [0.3, 0.4) is 0 Å². The normalized spacial score (nSPS) is 14.3. The Morgan fingerprint density at radius 1 is 1.23 bits per heavy atom. The van der Waals surface area contributed by atoms with Crippen LogP contribution in [0.5, 0.6) is 5.75 Å². The molecule has 0 saturated carbocycles. The van der Waals surface area contributed by atoms with E-state index in [4.69, 9.17) is 4.74 Å². The molecule has 1 aromatic rings. The van der Waals surface area contributed by atoms with Crippen LogP contribution in [0.1, 0.15) is 53.3 Å². The minimum Gasteiger partial charge on any atom is -0.475 e. The number of carbonyl (C=O) groups is 2. The number of amides is 2. The van der Waals surface area contributed by atoms with Crippen molar-refractivity contribution in [3.63, 3.8) is 0 Å². The maximum Gasteiger partial charge on any atom is 0.294 e. The second-order valence-corrected chi connectivity index (χ2v) is 5.92. The minimum absolute atomic E-state index is 0.181. The van der Waals surface area contributed by atoms with Crippen LogP contribution in [-0.4, -0.2) is 48.2 Å². The zero-order chi connectivity index (χ0) is 19.1. The Morgan fingerprint density at radius 3 is 2.62 bits per heavy atom. The lowest BCUT2D eigenvalue weighted by molar-refractivity contribution is -0.757. The number of hydrogen-bond donors (Lipinski definition) is 1. The number of fused-ring (bicyclic) bond motifs is 1. The summed E-state index contributed by atoms with van der Waals surface area (Å²) in [4.78, 5) is 40.0. The highest BCUT2D eigenvalue weighted by atomic mass is 16.9. The summed E-state index contributed by atoms with van der Waals surface area (Å²) in [6, 6.07) is 4.72. The number of carbonyl (C=O) groups excluding carboxylic acids is 2. The molecule has 142 valence electrons. The summed E-state index contributed by atoms with van der Waals surface area (Å²) in [6.07, 6.45) is 3.89. The van der Waals surface area contributed by atoms with E-state index >= 15 is 0 Å². The predicted molar refractivity (Wildman–Crippen MR) is 92.4 cm³/mol. The Morgan fingerprint density at radius 2 is 1.96 bits per heavy atom. The van der Waals surface area contributed by atoms with Gasteiger partial charge in [0.2, 0.25) is 0 Å². The van der Waals surface area contributed by atoms with Gasteiger partial charge in [-0.1, -0.05) is 19.8 Å². The third-order valence-electron chi connectivity index (χ3n) is 4.12. The second-order valence-electron chi connectivity index (χ2n) is 5.92. The van der Waals surface area contributed by atoms with Crippen LogP contribution in [0.2, 0.25) is 0 Å². The van der Waals surface area contributed by atoms with Gasteiger partial charge in [0.25, 0.3) is 16.9 Å². The zero-order valence-corrected chi connectivity index (χ0v) is 14.9. The van der Waals surface area contributed by atoms with Crippen molar-refractivity contribution in [1.82, 2.24) is 10.2 Å². The molecular weight excluding hydrogens is 342 g/mol. The van der Waals surface area contributed by atoms with Crippen LogP contribution in [0.25, 0.3) is 0 Å². The van der Waals surface area contributed by atoms with Gasteiger partial charge in [-0.2, -0.15) is 0 Å². The Labute approximate surface area is 151 Å². The van der Waals surface area contributed by atoms with Crippen LogP contribution in [0, 0.1) is 10.1 Å². The van der Waals surface area contributed by atoms with Gasteiger partial charge >= 0.3 is 0 Å². The first-order valence-electron chi connectivity index (χ1n) is 8.59. The SMILES string of the molecule is CCCCCC(NC)Oc1ccc2c(c1)C(=O)N(CCO[N+](=O)[O-])C2=O. The van der Waals surface area contributed by atoms with Gasteiger partial charge in [0.05, 0.1) is 17.7 Å². The van der Waals surface area contributed by atoms with Gasteiger partial charge in [-0.3, -0.25) is 19.8 Å². The molecule has 1 aromatic carbocycles. The molecule has 1 unspecified atom stereocenters. The molecule has 1 aliphatic rings. The highest BCUT2D eigenvalue weighted by Crippen LogP contribution is 2.27. The smallest absolute Gasteiger partial charge is 0.294 e. The van der Waals surface area contributed by atoms with E-state index in [1.165, 1.54) is 12.1 Å². The Balaban J connectivity index is 2.04. The van der Waals surface area contributed by atoms with Gasteiger partial charge < -0.3 is 9.57 Å². The average Bonchev–Trinajstić information content (AvgIpc) is 2.85. The van der Waals surface area contributed by atoms with Crippen LogP contribution in [-0.2, 0) is 4.84 Å². The highest BCUT2D eigenvalue weighted by Gasteiger charge is 2.35. The summed E-state index contributed by atoms with van der Waals surface area (Å²) in [6.45, 7) is 1.58. The van der Waals surface area contributed by atoms with Gasteiger partial charge in [0.15, 0.2) is 0 Å². The lowest BCUT2D eigenvalue weighted by Gasteiger charge is -2.18. The van der Waals surface area contributed by atoms with Crippen molar-refractivity contribution < 1.29 is 24.3 Å². The molecule has 0 saturated heterocycles. The average molecular weight is 365 g/mol. The molecule has 26 heavy (non-hydrogen) atoms. The number of imide groups is 1. The molecule has 2 rings (SSSR count). The summed E-state index contributed by atoms with van der Waals surface area (Å²) < 4.78 is 5.86. The zero-order valence-electron chi connectivity index (χ0n) is 14.9. The lowest BCUT2D eigenvalue weighted by atomic mass is 10.1. The molecule has 1 N–H and O–H groups in total. The number of ether oxygens (including phenoxy) is 1. The van der Waals surface area contributed by atoms with E-state index in [2.05, 4.69) is 17.1 Å². The summed E-state index contributed by atoms with van der Waals surface area (Å²) >= 11 is 0. The van der Waals surface area contributed by atoms with E-state index in [1.54, 1.807) is 13.1 Å². The molecule has 0 aliphatic carbocycles. The van der Waals surface area contributed by atoms with Crippen LogP contribution in [0.4, 0.5) is 0 Å². The number of benzene rings is 1. The predicted octanol–water partition coefficient (Wildman–Crippen LogP) is 2.00. The van der Waals surface area contributed by atoms with E-state index < -0.39 is 16.9 Å². The van der Waals surface area contributed by atoms with Crippen molar-refractivity contribution in [2.75, 3.05) is 20.2 Å². The standard InChI is InChI=1S/C17H23N3O6/c1-3-4-5-6-15(18-2)26-12-7-8-13-14(11-12)17(22)19(16(13)21)9-10-25-20(23)24/h7-8,11,15,18H,3-6,9-10H2,1-2H3. The molecule has 9 nitrogen and oxygen atoms in total. The molecular formula is C17H23N3O6. The van der Waals surface area contributed by atoms with Crippen LogP contribution >= 0.6 is 0 Å². The van der Waals surface area contributed by atoms with Gasteiger partial charge in [-0.05, 0) is 38.1 Å². The number of unbranched alkanes of at least 4 members (excludes halogenated alkanes) is 2. The van der Waals surface area contributed by atoms with Crippen molar-refractivity contribution in [1.29, 1.82) is 0 Å². The second kappa shape index (κ2) is 9.14. The fraction of sp³-hybridized carbons (Fsp3) is 0.529. The third-order valence-corrected chi connectivity index (χ3v) is 4.12. The van der Waals surface area contributed by atoms with E-state index in [-0.39, 0.29) is 30.5 Å². The van der Waals surface area contributed by atoms with Crippen molar-refractivity contribution in [3.8, 4) is 5.75 Å². The molecule has 2 amide bonds. The lowest BCUT2D eigenvalue weighted by Crippen LogP contribution is -2.33. The molecule has 0 fully saturated rings. The van der Waals surface area contributed by atoms with Crippen LogP contribution < -0.4 is 10.1 Å². The van der Waals surface area contributed by atoms with Crippen molar-refractivity contribution in [2.24, 2.45) is 0 Å². The largest absolute Gasteiger partial charge is 0.475 e. The van der Waals surface area contributed by atoms with E-state index in [0.717, 1.165) is 30.6 Å². The molecule has 0 bridgehead atoms. The van der Waals surface area contributed by atoms with Crippen LogP contribution in [0.15, 0.2) is 18.2 Å². The fourth-order valence-corrected chi connectivity index (χ4v) is 2.76. The Kier molecular flexibility index (Phi) is 6.90. The quantitative estimate of drug-likeness (QED) is 0.210. The number of nitrogens with zero attached hydrogens (tertiary/aromatic N) is 2. The summed E-state index contributed by atoms with van der Waals surface area (Å²) in [5.74, 6) is -0.505. The molecule has 1 aliphatic heterocycles. The number of rotatable bonds is 11. The summed E-state index contributed by atoms with van der Waals surface area (Å²) in [7, 11) is 1.80. The third kappa shape index (κ3) is 4.69. The van der Waals surface area contributed by atoms with Gasteiger partial charge in [-0.15, -0.1) is 10.1 Å². The molecule has 1 heterocycles. The van der Waals surface area contributed by atoms with Crippen molar-refractivity contribution in [2.45, 2.75) is 38.8 Å². The van der Waals surface area contributed by atoms with E-state index in [1.807, 2.05) is 0 Å². The van der Waals surface area contributed by atoms with Gasteiger partial charge in [0, 0.05) is 0 Å². The maximum atomic E-state index is 12.4. The first-order valence-corrected chi connectivity index (χ1v) is 8.59. The van der Waals surface area contributed by atoms with Crippen molar-refractivity contribution in [3.05, 3.63) is 39.4 Å². The molecule has 9 heteroatoms. The number of hydrogen-bond acceptors (Lipinski definition) is 7. The molecule has 0 radical (unpaired) electrons. The van der Waals surface area contributed by atoms with Gasteiger partial charge in [-0.25, -0.2) is 0 Å². The topological polar surface area (TPSA) is 111 Å². The molecule has 1 atom stereocenters. The fourth-order valence-electron chi connectivity index (χ4n) is 2.76. The monoisotopic (exact) mass is 365 g/mol. The minimum atomic E-state index is -0.958. The van der Waals surface area contributed by atoms with E-state index in [9.17, 15) is 19.7 Å². The van der Waals surface area contributed by atoms with Crippen molar-refractivity contribution >= 4 is 11.8 Å².